The minimum Gasteiger partial charge on any atom is -0.459 e. The first-order chi connectivity index (χ1) is 13.0. The van der Waals surface area contributed by atoms with Crippen molar-refractivity contribution >= 4 is 39.2 Å². The lowest BCUT2D eigenvalue weighted by Crippen LogP contribution is -2.34. The lowest BCUT2D eigenvalue weighted by Gasteiger charge is -2.19. The van der Waals surface area contributed by atoms with Gasteiger partial charge in [-0.3, -0.25) is 9.59 Å². The van der Waals surface area contributed by atoms with Crippen LogP contribution >= 0.6 is 11.6 Å². The second kappa shape index (κ2) is 8.72. The number of ether oxygens (including phenoxy) is 1. The molecule has 0 atom stereocenters. The number of rotatable bonds is 6. The summed E-state index contributed by atoms with van der Waals surface area (Å²) in [5, 5.41) is 3.09. The number of halogens is 1. The molecule has 0 radical (unpaired) electrons. The molecule has 2 aromatic carbocycles. The van der Waals surface area contributed by atoms with Crippen LogP contribution in [0.3, 0.4) is 0 Å². The van der Waals surface area contributed by atoms with Crippen LogP contribution in [0.5, 0.6) is 0 Å². The molecular formula is C19H21ClN2O5S. The van der Waals surface area contributed by atoms with Crippen molar-refractivity contribution in [2.45, 2.75) is 31.3 Å². The summed E-state index contributed by atoms with van der Waals surface area (Å²) in [5.41, 5.74) is 0.0880. The number of hydrogen-bond acceptors (Lipinski definition) is 5. The molecule has 0 aliphatic heterocycles. The van der Waals surface area contributed by atoms with E-state index in [1.807, 2.05) is 0 Å². The van der Waals surface area contributed by atoms with Crippen molar-refractivity contribution in [2.24, 2.45) is 0 Å². The minimum absolute atomic E-state index is 0.0446. The van der Waals surface area contributed by atoms with E-state index in [4.69, 9.17) is 16.3 Å². The average molecular weight is 425 g/mol. The van der Waals surface area contributed by atoms with Crippen molar-refractivity contribution in [2.75, 3.05) is 11.9 Å². The fraction of sp³-hybridized carbons (Fsp3) is 0.263. The Morgan fingerprint density at radius 2 is 1.71 bits per heavy atom. The molecule has 0 saturated carbocycles. The second-order valence-electron chi connectivity index (χ2n) is 6.90. The van der Waals surface area contributed by atoms with E-state index in [-0.39, 0.29) is 10.8 Å². The lowest BCUT2D eigenvalue weighted by atomic mass is 10.2. The normalized spacial score (nSPS) is 11.7. The van der Waals surface area contributed by atoms with Gasteiger partial charge < -0.3 is 10.1 Å². The van der Waals surface area contributed by atoms with Crippen LogP contribution < -0.4 is 10.0 Å². The molecule has 0 heterocycles. The number of amides is 1. The summed E-state index contributed by atoms with van der Waals surface area (Å²) in [6, 6.07) is 12.0. The van der Waals surface area contributed by atoms with Crippen molar-refractivity contribution in [1.82, 2.24) is 4.72 Å². The van der Waals surface area contributed by atoms with Crippen LogP contribution in [0.2, 0.25) is 5.02 Å². The third-order valence-electron chi connectivity index (χ3n) is 3.34. The van der Waals surface area contributed by atoms with E-state index in [1.165, 1.54) is 30.3 Å². The highest BCUT2D eigenvalue weighted by molar-refractivity contribution is 7.89. The molecule has 0 aliphatic carbocycles. The molecule has 0 fully saturated rings. The van der Waals surface area contributed by atoms with E-state index < -0.39 is 28.1 Å². The topological polar surface area (TPSA) is 102 Å². The molecule has 150 valence electrons. The summed E-state index contributed by atoms with van der Waals surface area (Å²) in [6.45, 7) is 4.59. The van der Waals surface area contributed by atoms with Gasteiger partial charge in [0.05, 0.1) is 4.90 Å². The van der Waals surface area contributed by atoms with Gasteiger partial charge in [-0.1, -0.05) is 17.7 Å². The van der Waals surface area contributed by atoms with Gasteiger partial charge in [0.15, 0.2) is 0 Å². The molecule has 0 spiro atoms. The summed E-state index contributed by atoms with van der Waals surface area (Å²) in [7, 11) is -3.89. The van der Waals surface area contributed by atoms with E-state index in [2.05, 4.69) is 10.0 Å². The first-order valence-corrected chi connectivity index (χ1v) is 10.2. The van der Waals surface area contributed by atoms with Crippen molar-refractivity contribution in [3.63, 3.8) is 0 Å². The lowest BCUT2D eigenvalue weighted by molar-refractivity contribution is -0.153. The maximum absolute atomic E-state index is 12.3. The zero-order valence-corrected chi connectivity index (χ0v) is 17.2. The number of nitrogens with one attached hydrogen (secondary N) is 2. The first-order valence-electron chi connectivity index (χ1n) is 8.35. The highest BCUT2D eigenvalue weighted by Gasteiger charge is 2.20. The summed E-state index contributed by atoms with van der Waals surface area (Å²) in [6.07, 6.45) is 0. The Hall–Kier alpha value is -2.42. The molecule has 0 saturated heterocycles. The smallest absolute Gasteiger partial charge is 0.321 e. The van der Waals surface area contributed by atoms with E-state index >= 15 is 0 Å². The van der Waals surface area contributed by atoms with E-state index in [9.17, 15) is 18.0 Å². The number of esters is 1. The van der Waals surface area contributed by atoms with Crippen LogP contribution in [0.25, 0.3) is 0 Å². The molecule has 1 amide bonds. The molecule has 0 unspecified atom stereocenters. The quantitative estimate of drug-likeness (QED) is 0.693. The first kappa shape index (κ1) is 21.9. The van der Waals surface area contributed by atoms with Crippen molar-refractivity contribution in [1.29, 1.82) is 0 Å². The van der Waals surface area contributed by atoms with E-state index in [0.29, 0.717) is 16.3 Å². The second-order valence-corrected chi connectivity index (χ2v) is 9.10. The van der Waals surface area contributed by atoms with Crippen LogP contribution in [-0.4, -0.2) is 32.4 Å². The van der Waals surface area contributed by atoms with Crippen molar-refractivity contribution < 1.29 is 22.7 Å². The average Bonchev–Trinajstić information content (AvgIpc) is 2.59. The van der Waals surface area contributed by atoms with Gasteiger partial charge in [-0.05, 0) is 63.2 Å². The summed E-state index contributed by atoms with van der Waals surface area (Å²) < 4.78 is 31.8. The van der Waals surface area contributed by atoms with Gasteiger partial charge in [-0.25, -0.2) is 8.42 Å². The van der Waals surface area contributed by atoms with Gasteiger partial charge in [0, 0.05) is 16.3 Å². The Bertz CT molecular complexity index is 967. The fourth-order valence-electron chi connectivity index (χ4n) is 2.17. The van der Waals surface area contributed by atoms with Crippen LogP contribution in [0.4, 0.5) is 5.69 Å². The molecule has 0 aromatic heterocycles. The van der Waals surface area contributed by atoms with Gasteiger partial charge in [-0.15, -0.1) is 0 Å². The van der Waals surface area contributed by atoms with Crippen LogP contribution in [0.15, 0.2) is 53.4 Å². The predicted octanol–water partition coefficient (Wildman–Crippen LogP) is 3.21. The maximum Gasteiger partial charge on any atom is 0.321 e. The molecule has 7 nitrogen and oxygen atoms in total. The molecular weight excluding hydrogens is 404 g/mol. The summed E-state index contributed by atoms with van der Waals surface area (Å²) >= 11 is 5.86. The highest BCUT2D eigenvalue weighted by atomic mass is 35.5. The third kappa shape index (κ3) is 6.63. The zero-order valence-electron chi connectivity index (χ0n) is 15.7. The van der Waals surface area contributed by atoms with Crippen LogP contribution in [-0.2, 0) is 19.6 Å². The Morgan fingerprint density at radius 3 is 2.29 bits per heavy atom. The molecule has 0 aliphatic rings. The van der Waals surface area contributed by atoms with Gasteiger partial charge >= 0.3 is 5.97 Å². The van der Waals surface area contributed by atoms with E-state index in [1.54, 1.807) is 39.0 Å². The van der Waals surface area contributed by atoms with Gasteiger partial charge in [0.2, 0.25) is 10.0 Å². The Kier molecular flexibility index (Phi) is 6.82. The summed E-state index contributed by atoms with van der Waals surface area (Å²) in [5.74, 6) is -1.05. The zero-order chi connectivity index (χ0) is 20.9. The number of carbonyl (C=O) groups is 2. The minimum atomic E-state index is -3.89. The van der Waals surface area contributed by atoms with Crippen molar-refractivity contribution in [3.05, 3.63) is 59.1 Å². The molecule has 2 aromatic rings. The highest BCUT2D eigenvalue weighted by Crippen LogP contribution is 2.16. The Morgan fingerprint density at radius 1 is 1.07 bits per heavy atom. The third-order valence-corrected chi connectivity index (χ3v) is 4.99. The Balaban J connectivity index is 2.00. The van der Waals surface area contributed by atoms with Crippen LogP contribution in [0.1, 0.15) is 31.1 Å². The maximum atomic E-state index is 12.3. The standard InChI is InChI=1S/C19H21ClN2O5S/c1-19(2,3)27-17(23)12-21-28(25,26)16-9-7-15(8-10-16)22-18(24)13-5-4-6-14(20)11-13/h4-11,21H,12H2,1-3H3,(H,22,24). The molecule has 9 heteroatoms. The SMILES string of the molecule is CC(C)(C)OC(=O)CNS(=O)(=O)c1ccc(NC(=O)c2cccc(Cl)c2)cc1. The number of carbonyl (C=O) groups excluding carboxylic acids is 2. The summed E-state index contributed by atoms with van der Waals surface area (Å²) in [4.78, 5) is 23.8. The number of benzene rings is 2. The van der Waals surface area contributed by atoms with Crippen LogP contribution in [0, 0.1) is 0 Å². The number of sulfonamides is 1. The number of anilines is 1. The van der Waals surface area contributed by atoms with Crippen molar-refractivity contribution in [3.8, 4) is 0 Å². The molecule has 2 N–H and O–H groups in total. The van der Waals surface area contributed by atoms with Gasteiger partial charge in [-0.2, -0.15) is 4.72 Å². The fourth-order valence-corrected chi connectivity index (χ4v) is 3.32. The largest absolute Gasteiger partial charge is 0.459 e. The van der Waals surface area contributed by atoms with E-state index in [0.717, 1.165) is 0 Å². The molecule has 28 heavy (non-hydrogen) atoms. The predicted molar refractivity (Wildman–Crippen MR) is 107 cm³/mol. The van der Waals surface area contributed by atoms with Gasteiger partial charge in [0.25, 0.3) is 5.91 Å². The van der Waals surface area contributed by atoms with Gasteiger partial charge in [0.1, 0.15) is 12.1 Å². The number of hydrogen-bond donors (Lipinski definition) is 2. The monoisotopic (exact) mass is 424 g/mol. The molecule has 2 rings (SSSR count). The Labute approximate surface area is 169 Å². The molecule has 0 bridgehead atoms.